The number of rotatable bonds is 12. The molecule has 0 fully saturated rings. The number of aromatic hydroxyl groups is 2. The van der Waals surface area contributed by atoms with E-state index in [-0.39, 0.29) is 38.9 Å². The molecule has 0 spiro atoms. The third kappa shape index (κ3) is 7.78. The van der Waals surface area contributed by atoms with Crippen LogP contribution in [0.2, 0.25) is 0 Å². The first-order chi connectivity index (χ1) is 21.6. The number of phenols is 2. The van der Waals surface area contributed by atoms with Crippen LogP contribution >= 0.6 is 24.1 Å². The van der Waals surface area contributed by atoms with Crippen molar-refractivity contribution in [2.75, 3.05) is 11.5 Å². The molecule has 24 heteroatoms. The molecule has 20 nitrogen and oxygen atoms in total. The van der Waals surface area contributed by atoms with Crippen molar-refractivity contribution in [1.82, 2.24) is 0 Å². The van der Waals surface area contributed by atoms with Crippen LogP contribution in [0.25, 0.3) is 10.8 Å². The highest BCUT2D eigenvalue weighted by Crippen LogP contribution is 2.51. The van der Waals surface area contributed by atoms with Crippen molar-refractivity contribution in [3.05, 3.63) is 48.5 Å². The van der Waals surface area contributed by atoms with Gasteiger partial charge in [-0.05, 0) is 48.5 Å². The van der Waals surface area contributed by atoms with E-state index in [1.807, 2.05) is 0 Å². The SMILES string of the molecule is Nc1ccc(N=Nc2cc(S(=O)(=O)O)c3cc(SOOO)c(N=Nc4ccc(N)cc4S(=O)(=O)O)c(O)c3c2O)c(SOOO)c1. The number of fused-ring (bicyclic) bond motifs is 1. The fourth-order valence-corrected chi connectivity index (χ4v) is 6.06. The van der Waals surface area contributed by atoms with Crippen molar-refractivity contribution in [1.29, 1.82) is 0 Å². The van der Waals surface area contributed by atoms with Gasteiger partial charge in [0.2, 0.25) is 0 Å². The highest BCUT2D eigenvalue weighted by molar-refractivity contribution is 7.95. The van der Waals surface area contributed by atoms with Gasteiger partial charge in [0.25, 0.3) is 20.2 Å². The van der Waals surface area contributed by atoms with Gasteiger partial charge in [-0.2, -0.15) is 16.8 Å². The first-order valence-electron chi connectivity index (χ1n) is 11.6. The predicted octanol–water partition coefficient (Wildman–Crippen LogP) is 5.60. The number of anilines is 2. The molecule has 0 bridgehead atoms. The van der Waals surface area contributed by atoms with Crippen LogP contribution in [0.5, 0.6) is 11.5 Å². The van der Waals surface area contributed by atoms with E-state index in [4.69, 9.17) is 22.0 Å². The monoisotopic (exact) mass is 718 g/mol. The Morgan fingerprint density at radius 1 is 0.630 bits per heavy atom. The average molecular weight is 719 g/mol. The first-order valence-corrected chi connectivity index (χ1v) is 15.9. The first kappa shape index (κ1) is 34.7. The Morgan fingerprint density at radius 3 is 1.78 bits per heavy atom. The molecule has 0 aromatic heterocycles. The number of hydrogen-bond acceptors (Lipinski definition) is 20. The van der Waals surface area contributed by atoms with Crippen LogP contribution in [0, 0.1) is 0 Å². The van der Waals surface area contributed by atoms with Crippen LogP contribution in [-0.4, -0.2) is 46.7 Å². The molecule has 0 amide bonds. The smallest absolute Gasteiger partial charge is 0.296 e. The van der Waals surface area contributed by atoms with Gasteiger partial charge in [0.15, 0.2) is 11.5 Å². The molecule has 10 N–H and O–H groups in total. The van der Waals surface area contributed by atoms with Crippen molar-refractivity contribution in [3.8, 4) is 11.5 Å². The fourth-order valence-electron chi connectivity index (χ4n) is 3.73. The molecule has 0 atom stereocenters. The van der Waals surface area contributed by atoms with Gasteiger partial charge in [-0.15, -0.1) is 29.1 Å². The highest BCUT2D eigenvalue weighted by atomic mass is 32.2. The van der Waals surface area contributed by atoms with Crippen molar-refractivity contribution in [2.24, 2.45) is 20.5 Å². The molecule has 244 valence electrons. The Morgan fingerprint density at radius 2 is 1.17 bits per heavy atom. The van der Waals surface area contributed by atoms with Gasteiger partial charge in [0.1, 0.15) is 32.5 Å². The van der Waals surface area contributed by atoms with E-state index in [2.05, 4.69) is 39.2 Å². The van der Waals surface area contributed by atoms with Crippen molar-refractivity contribution in [3.63, 3.8) is 0 Å². The summed E-state index contributed by atoms with van der Waals surface area (Å²) in [7, 11) is -10.0. The molecule has 0 aliphatic rings. The summed E-state index contributed by atoms with van der Waals surface area (Å²) in [6.45, 7) is 0. The standard InChI is InChI=1S/C22H18N6O14S4/c23-9-1-3-12(15(5-9)43-41-39-31)25-27-14-8-17(45(33,34)35)11-7-16(44-42-40-32)20(22(30)19(11)21(14)29)28-26-13-4-2-10(24)6-18(13)46(36,37)38/h1-8,29-32H,23-24H2,(H,33,34,35)(H,36,37,38). The third-order valence-corrected chi connectivity index (χ3v) is 8.64. The molecular formula is C22H18N6O14S4. The quantitative estimate of drug-likeness (QED) is 0.0221. The second kappa shape index (κ2) is 14.1. The Hall–Kier alpha value is -4.18. The number of nitrogens with two attached hydrogens (primary N) is 2. The van der Waals surface area contributed by atoms with E-state index in [9.17, 15) is 36.2 Å². The molecule has 0 radical (unpaired) electrons. The molecular weight excluding hydrogens is 701 g/mol. The summed E-state index contributed by atoms with van der Waals surface area (Å²) in [5.41, 5.74) is 9.79. The molecule has 4 rings (SSSR count). The third-order valence-electron chi connectivity index (χ3n) is 5.61. The topological polar surface area (TPSA) is 328 Å². The van der Waals surface area contributed by atoms with Gasteiger partial charge in [-0.25, -0.2) is 10.5 Å². The normalized spacial score (nSPS) is 12.5. The van der Waals surface area contributed by atoms with Gasteiger partial charge in [0, 0.05) is 16.8 Å². The molecule has 0 saturated carbocycles. The summed E-state index contributed by atoms with van der Waals surface area (Å²) < 4.78 is 76.8. The number of benzene rings is 4. The Labute approximate surface area is 265 Å². The Balaban J connectivity index is 1.98. The maximum atomic E-state index is 12.4. The van der Waals surface area contributed by atoms with Crippen LogP contribution in [0.1, 0.15) is 0 Å². The number of azo groups is 2. The zero-order valence-corrected chi connectivity index (χ0v) is 25.4. The molecule has 46 heavy (non-hydrogen) atoms. The number of nitrogen functional groups attached to an aromatic ring is 2. The minimum atomic E-state index is -5.13. The van der Waals surface area contributed by atoms with Crippen LogP contribution in [0.15, 0.2) is 88.6 Å². The van der Waals surface area contributed by atoms with E-state index >= 15 is 0 Å². The van der Waals surface area contributed by atoms with Crippen LogP contribution in [0.3, 0.4) is 0 Å². The summed E-state index contributed by atoms with van der Waals surface area (Å²) in [6, 6.07) is 8.87. The van der Waals surface area contributed by atoms with E-state index in [1.165, 1.54) is 24.3 Å². The molecule has 0 unspecified atom stereocenters. The lowest BCUT2D eigenvalue weighted by Crippen LogP contribution is -2.00. The fraction of sp³-hybridized carbons (Fsp3) is 0. The van der Waals surface area contributed by atoms with Crippen molar-refractivity contribution < 1.29 is 65.4 Å². The number of phenolic OH excluding ortho intramolecular Hbond substituents is 2. The summed E-state index contributed by atoms with van der Waals surface area (Å²) in [5.74, 6) is -1.92. The molecule has 4 aromatic rings. The maximum absolute atomic E-state index is 12.4. The van der Waals surface area contributed by atoms with Crippen molar-refractivity contribution in [2.45, 2.75) is 19.6 Å². The molecule has 4 aromatic carbocycles. The molecule has 0 heterocycles. The van der Waals surface area contributed by atoms with E-state index < -0.39 is 69.4 Å². The lowest BCUT2D eigenvalue weighted by molar-refractivity contribution is -0.432. The van der Waals surface area contributed by atoms with E-state index in [1.54, 1.807) is 0 Å². The van der Waals surface area contributed by atoms with Crippen LogP contribution in [0.4, 0.5) is 34.1 Å². The summed E-state index contributed by atoms with van der Waals surface area (Å²) in [4.78, 5) is -1.90. The summed E-state index contributed by atoms with van der Waals surface area (Å²) in [6.07, 6.45) is 0. The van der Waals surface area contributed by atoms with Gasteiger partial charge in [-0.1, -0.05) is 10.1 Å². The van der Waals surface area contributed by atoms with Crippen LogP contribution < -0.4 is 11.5 Å². The van der Waals surface area contributed by atoms with E-state index in [0.29, 0.717) is 18.1 Å². The minimum absolute atomic E-state index is 0.00824. The Kier molecular flexibility index (Phi) is 10.6. The summed E-state index contributed by atoms with van der Waals surface area (Å²) >= 11 is 0.604. The zero-order chi connectivity index (χ0) is 33.8. The number of nitrogens with zero attached hydrogens (tertiary/aromatic N) is 4. The number of hydrogen-bond donors (Lipinski definition) is 8. The van der Waals surface area contributed by atoms with Gasteiger partial charge >= 0.3 is 0 Å². The summed E-state index contributed by atoms with van der Waals surface area (Å²) in [5, 5.41) is 60.6. The average Bonchev–Trinajstić information content (AvgIpc) is 2.98. The second-order valence-corrected chi connectivity index (χ2v) is 12.8. The van der Waals surface area contributed by atoms with Crippen molar-refractivity contribution >= 4 is 89.2 Å². The maximum Gasteiger partial charge on any atom is 0.296 e. The lowest BCUT2D eigenvalue weighted by Gasteiger charge is -2.14. The van der Waals surface area contributed by atoms with Gasteiger partial charge in [-0.3, -0.25) is 9.11 Å². The molecule has 0 aliphatic carbocycles. The predicted molar refractivity (Wildman–Crippen MR) is 158 cm³/mol. The largest absolute Gasteiger partial charge is 0.505 e. The van der Waals surface area contributed by atoms with Gasteiger partial charge in [0.05, 0.1) is 39.3 Å². The zero-order valence-electron chi connectivity index (χ0n) is 22.1. The van der Waals surface area contributed by atoms with Gasteiger partial charge < -0.3 is 21.7 Å². The van der Waals surface area contributed by atoms with Crippen LogP contribution in [-0.2, 0) is 39.0 Å². The minimum Gasteiger partial charge on any atom is -0.505 e. The highest BCUT2D eigenvalue weighted by Gasteiger charge is 2.27. The molecule has 0 saturated heterocycles. The molecule has 0 aliphatic heterocycles. The lowest BCUT2D eigenvalue weighted by atomic mass is 10.1. The Bertz CT molecular complexity index is 2100. The second-order valence-electron chi connectivity index (χ2n) is 8.49. The van der Waals surface area contributed by atoms with E-state index in [0.717, 1.165) is 18.2 Å².